The molecule has 1 atom stereocenters. The molecule has 0 aliphatic heterocycles. The van der Waals surface area contributed by atoms with E-state index in [0.29, 0.717) is 22.1 Å². The number of hydrogen-bond acceptors (Lipinski definition) is 4. The molecule has 2 aliphatic rings. The number of hydrogen-bond donors (Lipinski definition) is 3. The standard InChI is InChI=1S/C30H38F2N4O2S/c1-17-13-26(39-4)24(28(37)34-17)16-33-29(38)27-19(3)36(25-8-6-5-7-23(25)27)18(2)20-9-11-21(12-10-20)35-22-14-30(31,32)15-22/h5-8,13,18,20-22,35H,9-12,14-16H2,1-4H3,(H,33,38)(H,34,37)/i16D2. The molecule has 39 heavy (non-hydrogen) atoms. The van der Waals surface area contributed by atoms with Crippen LogP contribution in [0.3, 0.4) is 0 Å². The number of thioether (sulfide) groups is 1. The molecule has 0 radical (unpaired) electrons. The van der Waals surface area contributed by atoms with Gasteiger partial charge in [-0.3, -0.25) is 9.59 Å². The van der Waals surface area contributed by atoms with E-state index in [2.05, 4.69) is 27.1 Å². The Balaban J connectivity index is 1.37. The maximum atomic E-state index is 13.7. The van der Waals surface area contributed by atoms with Gasteiger partial charge in [-0.15, -0.1) is 11.8 Å². The number of aryl methyl sites for hydroxylation is 1. The Kier molecular flexibility index (Phi) is 7.20. The zero-order chi connectivity index (χ0) is 29.7. The molecular formula is C30H38F2N4O2S. The second-order valence-corrected chi connectivity index (χ2v) is 12.0. The van der Waals surface area contributed by atoms with E-state index >= 15 is 0 Å². The molecule has 0 saturated heterocycles. The van der Waals surface area contributed by atoms with E-state index in [-0.39, 0.29) is 36.5 Å². The van der Waals surface area contributed by atoms with Gasteiger partial charge in [0.1, 0.15) is 0 Å². The van der Waals surface area contributed by atoms with Crippen molar-refractivity contribution in [3.05, 3.63) is 63.2 Å². The highest BCUT2D eigenvalue weighted by atomic mass is 32.2. The number of rotatable bonds is 8. The maximum Gasteiger partial charge on any atom is 0.254 e. The van der Waals surface area contributed by atoms with Crippen LogP contribution in [0.1, 0.15) is 81.5 Å². The average Bonchev–Trinajstić information content (AvgIpc) is 3.18. The Morgan fingerprint density at radius 3 is 2.56 bits per heavy atom. The number of carbonyl (C=O) groups excluding carboxylic acids is 1. The molecule has 2 aromatic heterocycles. The van der Waals surface area contributed by atoms with Crippen molar-refractivity contribution in [2.75, 3.05) is 6.26 Å². The lowest BCUT2D eigenvalue weighted by atomic mass is 9.80. The minimum Gasteiger partial charge on any atom is -0.348 e. The van der Waals surface area contributed by atoms with Crippen molar-refractivity contribution in [3.8, 4) is 0 Å². The smallest absolute Gasteiger partial charge is 0.254 e. The number of halogens is 2. The predicted octanol–water partition coefficient (Wildman–Crippen LogP) is 6.11. The third-order valence-electron chi connectivity index (χ3n) is 8.46. The molecule has 2 aliphatic carbocycles. The Morgan fingerprint density at radius 2 is 1.90 bits per heavy atom. The lowest BCUT2D eigenvalue weighted by Gasteiger charge is -2.41. The molecular weight excluding hydrogens is 518 g/mol. The summed E-state index contributed by atoms with van der Waals surface area (Å²) in [5.41, 5.74) is 1.97. The van der Waals surface area contributed by atoms with Gasteiger partial charge in [-0.1, -0.05) is 18.2 Å². The molecule has 3 aromatic rings. The van der Waals surface area contributed by atoms with Crippen molar-refractivity contribution < 1.29 is 16.3 Å². The van der Waals surface area contributed by atoms with Crippen molar-refractivity contribution in [1.29, 1.82) is 0 Å². The van der Waals surface area contributed by atoms with Crippen LogP contribution in [0, 0.1) is 19.8 Å². The van der Waals surface area contributed by atoms with Crippen LogP contribution in [-0.2, 0) is 6.50 Å². The Hall–Kier alpha value is -2.65. The first-order chi connectivity index (χ1) is 19.3. The number of para-hydroxylation sites is 1. The normalized spacial score (nSPS) is 23.1. The molecule has 3 N–H and O–H groups in total. The highest BCUT2D eigenvalue weighted by Crippen LogP contribution is 2.41. The van der Waals surface area contributed by atoms with E-state index < -0.39 is 23.9 Å². The number of aromatic amines is 1. The van der Waals surface area contributed by atoms with E-state index in [0.717, 1.165) is 42.3 Å². The second-order valence-electron chi connectivity index (χ2n) is 11.1. The van der Waals surface area contributed by atoms with E-state index in [9.17, 15) is 18.4 Å². The zero-order valence-electron chi connectivity index (χ0n) is 24.9. The maximum absolute atomic E-state index is 13.7. The summed E-state index contributed by atoms with van der Waals surface area (Å²) in [6.45, 7) is 3.38. The first-order valence-corrected chi connectivity index (χ1v) is 14.9. The Bertz CT molecular complexity index is 1510. The van der Waals surface area contributed by atoms with Gasteiger partial charge in [0.25, 0.3) is 17.4 Å². The minimum atomic E-state index is -2.52. The number of fused-ring (bicyclic) bond motifs is 1. The van der Waals surface area contributed by atoms with Crippen LogP contribution in [0.2, 0.25) is 0 Å². The van der Waals surface area contributed by atoms with Gasteiger partial charge in [-0.2, -0.15) is 0 Å². The van der Waals surface area contributed by atoms with Crippen molar-refractivity contribution >= 4 is 28.6 Å². The highest BCUT2D eigenvalue weighted by molar-refractivity contribution is 7.98. The quantitative estimate of drug-likeness (QED) is 0.292. The largest absolute Gasteiger partial charge is 0.348 e. The molecule has 2 heterocycles. The van der Waals surface area contributed by atoms with Crippen LogP contribution in [0.25, 0.3) is 10.9 Å². The van der Waals surface area contributed by atoms with Crippen molar-refractivity contribution in [2.24, 2.45) is 5.92 Å². The fraction of sp³-hybridized carbons (Fsp3) is 0.533. The molecule has 0 bridgehead atoms. The van der Waals surface area contributed by atoms with Gasteiger partial charge >= 0.3 is 0 Å². The fourth-order valence-electron chi connectivity index (χ4n) is 6.41. The first-order valence-electron chi connectivity index (χ1n) is 14.7. The number of H-pyrrole nitrogens is 1. The topological polar surface area (TPSA) is 78.9 Å². The number of alkyl halides is 2. The summed E-state index contributed by atoms with van der Waals surface area (Å²) in [7, 11) is 0. The van der Waals surface area contributed by atoms with Gasteiger partial charge in [-0.05, 0) is 70.8 Å². The van der Waals surface area contributed by atoms with Crippen molar-refractivity contribution in [2.45, 2.75) is 94.7 Å². The number of pyridine rings is 1. The molecule has 1 unspecified atom stereocenters. The molecule has 2 saturated carbocycles. The molecule has 0 spiro atoms. The molecule has 6 nitrogen and oxygen atoms in total. The number of benzene rings is 1. The summed E-state index contributed by atoms with van der Waals surface area (Å²) in [4.78, 5) is 29.6. The van der Waals surface area contributed by atoms with Gasteiger partial charge in [0.15, 0.2) is 0 Å². The summed E-state index contributed by atoms with van der Waals surface area (Å²) in [6.07, 6.45) is 5.37. The van der Waals surface area contributed by atoms with Crippen LogP contribution in [0.5, 0.6) is 0 Å². The third kappa shape index (κ3) is 5.66. The number of aromatic nitrogens is 2. The van der Waals surface area contributed by atoms with Crippen LogP contribution < -0.4 is 16.2 Å². The Labute approximate surface area is 235 Å². The number of amides is 1. The van der Waals surface area contributed by atoms with Gasteiger partial charge in [0.05, 0.1) is 8.30 Å². The Morgan fingerprint density at radius 1 is 1.21 bits per heavy atom. The average molecular weight is 559 g/mol. The van der Waals surface area contributed by atoms with Crippen molar-refractivity contribution in [3.63, 3.8) is 0 Å². The van der Waals surface area contributed by atoms with E-state index in [1.807, 2.05) is 31.2 Å². The summed E-state index contributed by atoms with van der Waals surface area (Å²) in [5, 5.41) is 6.67. The van der Waals surface area contributed by atoms with E-state index in [1.165, 1.54) is 11.8 Å². The number of carbonyl (C=O) groups is 1. The molecule has 2 fully saturated rings. The van der Waals surface area contributed by atoms with Gasteiger partial charge < -0.3 is 20.2 Å². The third-order valence-corrected chi connectivity index (χ3v) is 9.22. The van der Waals surface area contributed by atoms with Crippen LogP contribution >= 0.6 is 11.8 Å². The van der Waals surface area contributed by atoms with Crippen LogP contribution in [-0.4, -0.2) is 39.7 Å². The monoisotopic (exact) mass is 558 g/mol. The van der Waals surface area contributed by atoms with E-state index in [1.54, 1.807) is 19.2 Å². The lowest BCUT2D eigenvalue weighted by molar-refractivity contribution is -0.0957. The summed E-state index contributed by atoms with van der Waals surface area (Å²) in [6, 6.07) is 9.58. The summed E-state index contributed by atoms with van der Waals surface area (Å²) < 4.78 is 46.1. The van der Waals surface area contributed by atoms with Gasteiger partial charge in [-0.25, -0.2) is 8.78 Å². The van der Waals surface area contributed by atoms with Gasteiger partial charge in [0.2, 0.25) is 0 Å². The molecule has 5 rings (SSSR count). The first kappa shape index (κ1) is 25.3. The number of nitrogens with zero attached hydrogens (tertiary/aromatic N) is 1. The SMILES string of the molecule is [2H]C([2H])(NC(=O)c1c(C)n(C(C)C2CCC(NC3CC(F)(F)C3)CC2)c2ccccc12)c1c(SC)cc(C)[nH]c1=O. The summed E-state index contributed by atoms with van der Waals surface area (Å²) >= 11 is 1.26. The molecule has 210 valence electrons. The van der Waals surface area contributed by atoms with Crippen LogP contribution in [0.4, 0.5) is 8.78 Å². The fourth-order valence-corrected chi connectivity index (χ4v) is 7.06. The number of nitrogens with one attached hydrogen (secondary N) is 3. The van der Waals surface area contributed by atoms with Crippen molar-refractivity contribution in [1.82, 2.24) is 20.2 Å². The molecule has 1 amide bonds. The molecule has 9 heteroatoms. The summed E-state index contributed by atoms with van der Waals surface area (Å²) in [5.74, 6) is -2.75. The van der Waals surface area contributed by atoms with Gasteiger partial charge in [0, 0.05) is 70.2 Å². The zero-order valence-corrected chi connectivity index (χ0v) is 23.7. The highest BCUT2D eigenvalue weighted by Gasteiger charge is 2.46. The second kappa shape index (κ2) is 11.1. The predicted molar refractivity (Wildman–Crippen MR) is 153 cm³/mol. The minimum absolute atomic E-state index is 0.0719. The van der Waals surface area contributed by atoms with Crippen LogP contribution in [0.15, 0.2) is 40.0 Å². The lowest BCUT2D eigenvalue weighted by Crippen LogP contribution is -2.52. The van der Waals surface area contributed by atoms with E-state index in [4.69, 9.17) is 2.74 Å². The molecule has 1 aromatic carbocycles.